The Morgan fingerprint density at radius 1 is 1.14 bits per heavy atom. The quantitative estimate of drug-likeness (QED) is 0.473. The Hall–Kier alpha value is -2.92. The van der Waals surface area contributed by atoms with Gasteiger partial charge in [-0.3, -0.25) is 14.9 Å². The van der Waals surface area contributed by atoms with Crippen LogP contribution in [-0.4, -0.2) is 49.9 Å². The van der Waals surface area contributed by atoms with Gasteiger partial charge in [-0.05, 0) is 31.3 Å². The van der Waals surface area contributed by atoms with Gasteiger partial charge in [0.1, 0.15) is 0 Å². The van der Waals surface area contributed by atoms with E-state index in [-0.39, 0.29) is 23.1 Å². The molecule has 2 N–H and O–H groups in total. The minimum atomic E-state index is -0.468. The highest BCUT2D eigenvalue weighted by Gasteiger charge is 2.18. The van der Waals surface area contributed by atoms with Crippen molar-refractivity contribution in [3.63, 3.8) is 0 Å². The maximum atomic E-state index is 12.5. The average Bonchev–Trinajstić information content (AvgIpc) is 3.12. The lowest BCUT2D eigenvalue weighted by molar-refractivity contribution is -0.142. The van der Waals surface area contributed by atoms with Gasteiger partial charge in [-0.15, -0.1) is 11.3 Å². The molecule has 11 heteroatoms. The molecule has 1 amide bonds. The molecule has 156 valence electrons. The van der Waals surface area contributed by atoms with Gasteiger partial charge in [-0.25, -0.2) is 4.98 Å². The molecular weight excluding hydrogens is 418 g/mol. The van der Waals surface area contributed by atoms with E-state index in [9.17, 15) is 9.59 Å². The molecule has 2 aromatic rings. The lowest BCUT2D eigenvalue weighted by Gasteiger charge is -2.14. The van der Waals surface area contributed by atoms with E-state index in [0.717, 1.165) is 0 Å². The van der Waals surface area contributed by atoms with Crippen molar-refractivity contribution in [3.8, 4) is 17.2 Å². The monoisotopic (exact) mass is 439 g/mol. The van der Waals surface area contributed by atoms with E-state index in [4.69, 9.17) is 31.2 Å². The predicted octanol–water partition coefficient (Wildman–Crippen LogP) is 2.40. The summed E-state index contributed by atoms with van der Waals surface area (Å²) in [5.41, 5.74) is 0.820. The Kier molecular flexibility index (Phi) is 8.16. The summed E-state index contributed by atoms with van der Waals surface area (Å²) in [4.78, 5) is 28.3. The fourth-order valence-electron chi connectivity index (χ4n) is 2.32. The number of rotatable bonds is 8. The number of carbonyl (C=O) groups is 2. The first-order valence-electron chi connectivity index (χ1n) is 8.44. The minimum Gasteiger partial charge on any atom is -0.493 e. The van der Waals surface area contributed by atoms with Crippen molar-refractivity contribution in [2.45, 2.75) is 13.3 Å². The minimum absolute atomic E-state index is 0.0563. The van der Waals surface area contributed by atoms with Crippen LogP contribution in [-0.2, 0) is 16.0 Å². The summed E-state index contributed by atoms with van der Waals surface area (Å²) in [5.74, 6) is 0.246. The highest BCUT2D eigenvalue weighted by Crippen LogP contribution is 2.38. The van der Waals surface area contributed by atoms with Gasteiger partial charge < -0.3 is 24.3 Å². The lowest BCUT2D eigenvalue weighted by Crippen LogP contribution is -2.34. The summed E-state index contributed by atoms with van der Waals surface area (Å²) >= 11 is 6.42. The van der Waals surface area contributed by atoms with Crippen LogP contribution in [0.4, 0.5) is 5.13 Å². The zero-order valence-electron chi connectivity index (χ0n) is 16.4. The zero-order chi connectivity index (χ0) is 21.4. The van der Waals surface area contributed by atoms with Gasteiger partial charge in [0, 0.05) is 10.9 Å². The normalized spacial score (nSPS) is 10.1. The van der Waals surface area contributed by atoms with Gasteiger partial charge in [0.15, 0.2) is 21.7 Å². The second kappa shape index (κ2) is 10.6. The topological polar surface area (TPSA) is 108 Å². The molecule has 0 atom stereocenters. The molecule has 0 aliphatic heterocycles. The number of nitrogens with zero attached hydrogens (tertiary/aromatic N) is 1. The summed E-state index contributed by atoms with van der Waals surface area (Å²) in [7, 11) is 4.40. The number of aromatic nitrogens is 1. The van der Waals surface area contributed by atoms with Crippen LogP contribution in [0.1, 0.15) is 23.0 Å². The smallest absolute Gasteiger partial charge is 0.311 e. The van der Waals surface area contributed by atoms with Crippen LogP contribution in [0.15, 0.2) is 17.5 Å². The third-order valence-corrected chi connectivity index (χ3v) is 4.57. The number of nitrogens with one attached hydrogen (secondary N) is 2. The molecule has 29 heavy (non-hydrogen) atoms. The number of benzene rings is 1. The van der Waals surface area contributed by atoms with E-state index >= 15 is 0 Å². The Labute approximate surface area is 177 Å². The first-order valence-corrected chi connectivity index (χ1v) is 9.72. The van der Waals surface area contributed by atoms with Crippen molar-refractivity contribution < 1.29 is 28.5 Å². The van der Waals surface area contributed by atoms with Crippen LogP contribution in [0.5, 0.6) is 17.2 Å². The van der Waals surface area contributed by atoms with E-state index in [1.807, 2.05) is 0 Å². The summed E-state index contributed by atoms with van der Waals surface area (Å²) in [5, 5.41) is 7.59. The molecule has 0 aliphatic carbocycles. The molecule has 0 aliphatic rings. The summed E-state index contributed by atoms with van der Waals surface area (Å²) < 4.78 is 20.6. The molecule has 0 bridgehead atoms. The van der Waals surface area contributed by atoms with Crippen molar-refractivity contribution in [1.82, 2.24) is 10.3 Å². The molecule has 0 unspecified atom stereocenters. The summed E-state index contributed by atoms with van der Waals surface area (Å²) in [6.45, 7) is 2.05. The summed E-state index contributed by atoms with van der Waals surface area (Å²) in [6.07, 6.45) is 0.0661. The number of amides is 1. The van der Waals surface area contributed by atoms with Crippen molar-refractivity contribution in [1.29, 1.82) is 0 Å². The van der Waals surface area contributed by atoms with Gasteiger partial charge in [0.2, 0.25) is 5.75 Å². The third-order valence-electron chi connectivity index (χ3n) is 3.56. The molecule has 0 radical (unpaired) electrons. The second-order valence-electron chi connectivity index (χ2n) is 5.45. The molecule has 1 aromatic heterocycles. The van der Waals surface area contributed by atoms with E-state index in [1.165, 1.54) is 44.8 Å². The lowest BCUT2D eigenvalue weighted by atomic mass is 10.1. The largest absolute Gasteiger partial charge is 0.493 e. The van der Waals surface area contributed by atoms with Crippen molar-refractivity contribution in [2.75, 3.05) is 33.3 Å². The number of carbonyl (C=O) groups excluding carboxylic acids is 2. The second-order valence-corrected chi connectivity index (χ2v) is 6.71. The Morgan fingerprint density at radius 2 is 1.79 bits per heavy atom. The first kappa shape index (κ1) is 22.4. The maximum absolute atomic E-state index is 12.5. The molecule has 9 nitrogen and oxygen atoms in total. The van der Waals surface area contributed by atoms with Gasteiger partial charge in [-0.1, -0.05) is 0 Å². The highest BCUT2D eigenvalue weighted by atomic mass is 32.1. The molecular formula is C18H21N3O6S2. The number of thiazole rings is 1. The number of esters is 1. The molecule has 0 spiro atoms. The van der Waals surface area contributed by atoms with E-state index in [1.54, 1.807) is 12.3 Å². The molecule has 2 rings (SSSR count). The van der Waals surface area contributed by atoms with Crippen molar-refractivity contribution in [2.24, 2.45) is 0 Å². The van der Waals surface area contributed by atoms with Crippen LogP contribution in [0.3, 0.4) is 0 Å². The molecule has 1 heterocycles. The first-order chi connectivity index (χ1) is 13.9. The highest BCUT2D eigenvalue weighted by molar-refractivity contribution is 7.80. The fraction of sp³-hybridized carbons (Fsp3) is 0.333. The number of hydrogen-bond acceptors (Lipinski definition) is 9. The van der Waals surface area contributed by atoms with Crippen LogP contribution in [0.25, 0.3) is 0 Å². The number of anilines is 1. The van der Waals surface area contributed by atoms with E-state index < -0.39 is 5.91 Å². The van der Waals surface area contributed by atoms with Gasteiger partial charge >= 0.3 is 5.97 Å². The standard InChI is InChI=1S/C18H21N3O6S2/c1-5-27-14(22)8-11-9-29-18(19-11)21-17(28)20-16(23)10-6-12(24-2)15(26-4)13(7-10)25-3/h6-7,9H,5,8H2,1-4H3,(H2,19,20,21,23,28). The van der Waals surface area contributed by atoms with Gasteiger partial charge in [0.05, 0.1) is 40.1 Å². The number of methoxy groups -OCH3 is 3. The van der Waals surface area contributed by atoms with Crippen molar-refractivity contribution in [3.05, 3.63) is 28.8 Å². The Morgan fingerprint density at radius 3 is 2.34 bits per heavy atom. The van der Waals surface area contributed by atoms with Crippen LogP contribution >= 0.6 is 23.6 Å². The van der Waals surface area contributed by atoms with E-state index in [2.05, 4.69) is 15.6 Å². The summed E-state index contributed by atoms with van der Waals surface area (Å²) in [6, 6.07) is 3.03. The fourth-order valence-corrected chi connectivity index (χ4v) is 3.29. The van der Waals surface area contributed by atoms with Gasteiger partial charge in [-0.2, -0.15) is 0 Å². The van der Waals surface area contributed by atoms with Crippen molar-refractivity contribution >= 4 is 45.7 Å². The van der Waals surface area contributed by atoms with E-state index in [0.29, 0.717) is 34.7 Å². The number of hydrogen-bond donors (Lipinski definition) is 2. The SMILES string of the molecule is CCOC(=O)Cc1csc(NC(=S)NC(=O)c2cc(OC)c(OC)c(OC)c2)n1. The molecule has 0 saturated heterocycles. The maximum Gasteiger partial charge on any atom is 0.311 e. The van der Waals surface area contributed by atoms with Crippen LogP contribution < -0.4 is 24.8 Å². The third kappa shape index (κ3) is 6.03. The number of ether oxygens (including phenoxy) is 4. The van der Waals surface area contributed by atoms with Gasteiger partial charge in [0.25, 0.3) is 5.91 Å². The number of thiocarbonyl (C=S) groups is 1. The average molecular weight is 440 g/mol. The van der Waals surface area contributed by atoms with Crippen LogP contribution in [0, 0.1) is 0 Å². The molecule has 0 saturated carbocycles. The zero-order valence-corrected chi connectivity index (χ0v) is 18.0. The predicted molar refractivity (Wildman–Crippen MR) is 112 cm³/mol. The van der Waals surface area contributed by atoms with Crippen LogP contribution in [0.2, 0.25) is 0 Å². The molecule has 1 aromatic carbocycles. The molecule has 0 fully saturated rings. The Balaban J connectivity index is 2.03. The Bertz CT molecular complexity index is 874.